The van der Waals surface area contributed by atoms with E-state index >= 15 is 0 Å². The average molecular weight is 246 g/mol. The quantitative estimate of drug-likeness (QED) is 0.812. The van der Waals surface area contributed by atoms with Gasteiger partial charge in [0, 0.05) is 48.2 Å². The van der Waals surface area contributed by atoms with E-state index in [1.54, 1.807) is 0 Å². The standard InChI is InChI=1S/C11H22N2S2/c1-10-8-13(5-7-15-10)4-2-11-9-14-6-3-12-11/h10-12H,2-9H2,1H3. The maximum atomic E-state index is 3.62. The Bertz CT molecular complexity index is 183. The highest BCUT2D eigenvalue weighted by molar-refractivity contribution is 8.00. The molecule has 0 bridgehead atoms. The Morgan fingerprint density at radius 3 is 3.07 bits per heavy atom. The van der Waals surface area contributed by atoms with Crippen molar-refractivity contribution in [2.75, 3.05) is 43.4 Å². The van der Waals surface area contributed by atoms with Crippen LogP contribution in [-0.2, 0) is 0 Å². The molecule has 0 spiro atoms. The lowest BCUT2D eigenvalue weighted by molar-refractivity contribution is 0.270. The van der Waals surface area contributed by atoms with Crippen molar-refractivity contribution < 1.29 is 0 Å². The molecule has 2 unspecified atom stereocenters. The molecule has 0 aliphatic carbocycles. The van der Waals surface area contributed by atoms with Crippen molar-refractivity contribution in [2.24, 2.45) is 0 Å². The van der Waals surface area contributed by atoms with Gasteiger partial charge in [-0.05, 0) is 13.0 Å². The van der Waals surface area contributed by atoms with E-state index in [2.05, 4.69) is 40.7 Å². The number of nitrogens with zero attached hydrogens (tertiary/aromatic N) is 1. The summed E-state index contributed by atoms with van der Waals surface area (Å²) in [6.45, 7) is 7.45. The fraction of sp³-hybridized carbons (Fsp3) is 1.00. The van der Waals surface area contributed by atoms with Gasteiger partial charge in [-0.25, -0.2) is 0 Å². The number of rotatable bonds is 3. The van der Waals surface area contributed by atoms with Crippen molar-refractivity contribution in [3.63, 3.8) is 0 Å². The van der Waals surface area contributed by atoms with Crippen LogP contribution in [-0.4, -0.2) is 59.6 Å². The molecule has 2 rings (SSSR count). The van der Waals surface area contributed by atoms with Gasteiger partial charge in [-0.3, -0.25) is 0 Å². The van der Waals surface area contributed by atoms with Crippen LogP contribution in [0.25, 0.3) is 0 Å². The molecule has 1 N–H and O–H groups in total. The van der Waals surface area contributed by atoms with Crippen LogP contribution < -0.4 is 5.32 Å². The molecule has 0 radical (unpaired) electrons. The van der Waals surface area contributed by atoms with Crippen LogP contribution in [0.2, 0.25) is 0 Å². The second kappa shape index (κ2) is 6.38. The molecule has 88 valence electrons. The first-order valence-electron chi connectivity index (χ1n) is 5.99. The Morgan fingerprint density at radius 1 is 1.40 bits per heavy atom. The first-order chi connectivity index (χ1) is 7.34. The molecule has 0 aromatic heterocycles. The van der Waals surface area contributed by atoms with Crippen LogP contribution in [0.15, 0.2) is 0 Å². The van der Waals surface area contributed by atoms with Gasteiger partial charge in [0.25, 0.3) is 0 Å². The largest absolute Gasteiger partial charge is 0.312 e. The van der Waals surface area contributed by atoms with Crippen LogP contribution in [0.3, 0.4) is 0 Å². The van der Waals surface area contributed by atoms with Crippen molar-refractivity contribution in [1.82, 2.24) is 10.2 Å². The van der Waals surface area contributed by atoms with Crippen LogP contribution in [0.4, 0.5) is 0 Å². The van der Waals surface area contributed by atoms with Gasteiger partial charge in [0.05, 0.1) is 0 Å². The molecule has 2 aliphatic rings. The van der Waals surface area contributed by atoms with Gasteiger partial charge in [-0.2, -0.15) is 23.5 Å². The Morgan fingerprint density at radius 2 is 2.33 bits per heavy atom. The summed E-state index contributed by atoms with van der Waals surface area (Å²) in [5, 5.41) is 4.46. The van der Waals surface area contributed by atoms with Crippen molar-refractivity contribution in [1.29, 1.82) is 0 Å². The number of nitrogens with one attached hydrogen (secondary N) is 1. The van der Waals surface area contributed by atoms with E-state index < -0.39 is 0 Å². The molecule has 2 aliphatic heterocycles. The highest BCUT2D eigenvalue weighted by atomic mass is 32.2. The molecule has 2 atom stereocenters. The molecular formula is C11H22N2S2. The minimum Gasteiger partial charge on any atom is -0.312 e. The summed E-state index contributed by atoms with van der Waals surface area (Å²) in [6.07, 6.45) is 1.34. The van der Waals surface area contributed by atoms with Crippen LogP contribution in [0.5, 0.6) is 0 Å². The Balaban J connectivity index is 1.63. The zero-order valence-electron chi connectivity index (χ0n) is 9.58. The van der Waals surface area contributed by atoms with E-state index in [4.69, 9.17) is 0 Å². The zero-order valence-corrected chi connectivity index (χ0v) is 11.2. The monoisotopic (exact) mass is 246 g/mol. The fourth-order valence-corrected chi connectivity index (χ4v) is 4.32. The van der Waals surface area contributed by atoms with E-state index in [-0.39, 0.29) is 0 Å². The summed E-state index contributed by atoms with van der Waals surface area (Å²) >= 11 is 4.23. The van der Waals surface area contributed by atoms with Crippen molar-refractivity contribution in [3.8, 4) is 0 Å². The van der Waals surface area contributed by atoms with E-state index in [0.717, 1.165) is 11.3 Å². The lowest BCUT2D eigenvalue weighted by atomic mass is 10.2. The van der Waals surface area contributed by atoms with Gasteiger partial charge < -0.3 is 10.2 Å². The summed E-state index contributed by atoms with van der Waals surface area (Å²) in [5.74, 6) is 3.94. The highest BCUT2D eigenvalue weighted by Gasteiger charge is 2.18. The number of hydrogen-bond donors (Lipinski definition) is 1. The zero-order chi connectivity index (χ0) is 10.5. The maximum Gasteiger partial charge on any atom is 0.0170 e. The molecule has 0 saturated carbocycles. The minimum absolute atomic E-state index is 0.772. The Labute approximate surface area is 102 Å². The maximum absolute atomic E-state index is 3.62. The summed E-state index contributed by atoms with van der Waals surface area (Å²) in [7, 11) is 0. The lowest BCUT2D eigenvalue weighted by Gasteiger charge is -2.32. The van der Waals surface area contributed by atoms with Gasteiger partial charge in [-0.1, -0.05) is 6.92 Å². The van der Waals surface area contributed by atoms with Gasteiger partial charge in [-0.15, -0.1) is 0 Å². The van der Waals surface area contributed by atoms with Crippen molar-refractivity contribution >= 4 is 23.5 Å². The van der Waals surface area contributed by atoms with E-state index in [9.17, 15) is 0 Å². The van der Waals surface area contributed by atoms with Crippen LogP contribution in [0.1, 0.15) is 13.3 Å². The van der Waals surface area contributed by atoms with E-state index in [1.165, 1.54) is 49.9 Å². The van der Waals surface area contributed by atoms with Crippen LogP contribution in [0, 0.1) is 0 Å². The summed E-state index contributed by atoms with van der Waals surface area (Å²) in [5.41, 5.74) is 0. The molecule has 0 aromatic carbocycles. The second-order valence-corrected chi connectivity index (χ2v) is 7.19. The summed E-state index contributed by atoms with van der Waals surface area (Å²) in [4.78, 5) is 2.64. The number of hydrogen-bond acceptors (Lipinski definition) is 4. The molecule has 2 nitrogen and oxygen atoms in total. The molecule has 0 aromatic rings. The molecule has 4 heteroatoms. The SMILES string of the molecule is CC1CN(CCC2CSCCN2)CCS1. The summed E-state index contributed by atoms with van der Waals surface area (Å²) in [6, 6.07) is 0.772. The molecular weight excluding hydrogens is 224 g/mol. The second-order valence-electron chi connectivity index (χ2n) is 4.50. The Hall–Kier alpha value is 0.620. The van der Waals surface area contributed by atoms with Gasteiger partial charge >= 0.3 is 0 Å². The third kappa shape index (κ3) is 4.17. The van der Waals surface area contributed by atoms with Crippen molar-refractivity contribution in [3.05, 3.63) is 0 Å². The third-order valence-corrected chi connectivity index (χ3v) is 5.38. The predicted octanol–water partition coefficient (Wildman–Crippen LogP) is 1.52. The molecule has 15 heavy (non-hydrogen) atoms. The minimum atomic E-state index is 0.772. The van der Waals surface area contributed by atoms with Gasteiger partial charge in [0.2, 0.25) is 0 Å². The molecule has 2 heterocycles. The van der Waals surface area contributed by atoms with Gasteiger partial charge in [0.1, 0.15) is 0 Å². The van der Waals surface area contributed by atoms with Crippen LogP contribution >= 0.6 is 23.5 Å². The average Bonchev–Trinajstić information content (AvgIpc) is 2.28. The number of thioether (sulfide) groups is 2. The highest BCUT2D eigenvalue weighted by Crippen LogP contribution is 2.18. The fourth-order valence-electron chi connectivity index (χ4n) is 2.24. The topological polar surface area (TPSA) is 15.3 Å². The lowest BCUT2D eigenvalue weighted by Crippen LogP contribution is -2.43. The third-order valence-electron chi connectivity index (χ3n) is 3.12. The predicted molar refractivity (Wildman–Crippen MR) is 72.1 cm³/mol. The molecule has 0 amide bonds. The normalized spacial score (nSPS) is 34.2. The van der Waals surface area contributed by atoms with E-state index in [0.29, 0.717) is 0 Å². The smallest absolute Gasteiger partial charge is 0.0170 e. The molecule has 2 saturated heterocycles. The first-order valence-corrected chi connectivity index (χ1v) is 8.20. The summed E-state index contributed by atoms with van der Waals surface area (Å²) < 4.78 is 0. The molecule has 2 fully saturated rings. The van der Waals surface area contributed by atoms with Crippen molar-refractivity contribution in [2.45, 2.75) is 24.6 Å². The Kier molecular flexibility index (Phi) is 5.14. The van der Waals surface area contributed by atoms with Gasteiger partial charge in [0.15, 0.2) is 0 Å². The first kappa shape index (κ1) is 12.1. The van der Waals surface area contributed by atoms with E-state index in [1.807, 2.05) is 0 Å².